The Labute approximate surface area is 122 Å². The summed E-state index contributed by atoms with van der Waals surface area (Å²) < 4.78 is 6.45. The summed E-state index contributed by atoms with van der Waals surface area (Å²) in [7, 11) is 1.40. The molecule has 0 aliphatic heterocycles. The minimum atomic E-state index is -0.225. The lowest BCUT2D eigenvalue weighted by molar-refractivity contribution is -0.139. The second-order valence-corrected chi connectivity index (χ2v) is 6.05. The molecule has 1 aromatic carbocycles. The summed E-state index contributed by atoms with van der Waals surface area (Å²) in [5.74, 6) is -0.225. The highest BCUT2D eigenvalue weighted by Gasteiger charge is 2.20. The molecule has 0 fully saturated rings. The van der Waals surface area contributed by atoms with E-state index in [1.807, 2.05) is 50.4 Å². The average molecular weight is 291 g/mol. The van der Waals surface area contributed by atoms with Gasteiger partial charge < -0.3 is 4.74 Å². The third kappa shape index (κ3) is 3.39. The van der Waals surface area contributed by atoms with Gasteiger partial charge in [-0.2, -0.15) is 0 Å². The van der Waals surface area contributed by atoms with Crippen LogP contribution in [0, 0.1) is 0 Å². The molecule has 0 radical (unpaired) electrons. The third-order valence-electron chi connectivity index (χ3n) is 2.89. The highest BCUT2D eigenvalue weighted by atomic mass is 32.2. The highest BCUT2D eigenvalue weighted by Crippen LogP contribution is 2.30. The molecule has 0 bridgehead atoms. The number of esters is 1. The molecule has 0 spiro atoms. The number of rotatable bonds is 5. The predicted octanol–water partition coefficient (Wildman–Crippen LogP) is 2.62. The Hall–Kier alpha value is -1.82. The number of nitrogens with zero attached hydrogens (tertiary/aromatic N) is 3. The fourth-order valence-corrected chi connectivity index (χ4v) is 2.83. The van der Waals surface area contributed by atoms with Gasteiger partial charge in [-0.1, -0.05) is 23.4 Å². The SMILES string of the molecule is COC(=O)[C@H](C)S[C@@H](C)c1cn(-c2ccccc2)nn1. The van der Waals surface area contributed by atoms with Crippen LogP contribution in [0.3, 0.4) is 0 Å². The Balaban J connectivity index is 2.07. The largest absolute Gasteiger partial charge is 0.468 e. The molecule has 1 heterocycles. The zero-order chi connectivity index (χ0) is 14.5. The lowest BCUT2D eigenvalue weighted by Gasteiger charge is -2.12. The van der Waals surface area contributed by atoms with Crippen molar-refractivity contribution in [3.63, 3.8) is 0 Å². The van der Waals surface area contributed by atoms with E-state index in [0.717, 1.165) is 11.4 Å². The molecule has 20 heavy (non-hydrogen) atoms. The maximum Gasteiger partial charge on any atom is 0.318 e. The van der Waals surface area contributed by atoms with Crippen molar-refractivity contribution in [2.75, 3.05) is 7.11 Å². The normalized spacial score (nSPS) is 13.8. The molecule has 6 heteroatoms. The van der Waals surface area contributed by atoms with Crippen molar-refractivity contribution < 1.29 is 9.53 Å². The van der Waals surface area contributed by atoms with E-state index in [1.165, 1.54) is 18.9 Å². The number of carbonyl (C=O) groups is 1. The Morgan fingerprint density at radius 3 is 2.65 bits per heavy atom. The molecule has 2 rings (SSSR count). The topological polar surface area (TPSA) is 57.0 Å². The van der Waals surface area contributed by atoms with Crippen LogP contribution in [0.25, 0.3) is 5.69 Å². The summed E-state index contributed by atoms with van der Waals surface area (Å²) >= 11 is 1.50. The number of methoxy groups -OCH3 is 1. The first-order valence-corrected chi connectivity index (χ1v) is 7.27. The van der Waals surface area contributed by atoms with E-state index in [9.17, 15) is 4.79 Å². The van der Waals surface area contributed by atoms with Gasteiger partial charge in [0, 0.05) is 5.25 Å². The van der Waals surface area contributed by atoms with Gasteiger partial charge in [-0.15, -0.1) is 16.9 Å². The minimum absolute atomic E-state index is 0.0709. The lowest BCUT2D eigenvalue weighted by atomic mass is 10.3. The minimum Gasteiger partial charge on any atom is -0.468 e. The summed E-state index contributed by atoms with van der Waals surface area (Å²) in [4.78, 5) is 11.4. The molecule has 1 aromatic heterocycles. The fourth-order valence-electron chi connectivity index (χ4n) is 1.77. The second kappa shape index (κ2) is 6.56. The van der Waals surface area contributed by atoms with Crippen LogP contribution in [0.5, 0.6) is 0 Å². The van der Waals surface area contributed by atoms with Crippen molar-refractivity contribution in [1.29, 1.82) is 0 Å². The zero-order valence-electron chi connectivity index (χ0n) is 11.7. The number of para-hydroxylation sites is 1. The molecular formula is C14H17N3O2S. The predicted molar refractivity (Wildman–Crippen MR) is 78.8 cm³/mol. The van der Waals surface area contributed by atoms with Gasteiger partial charge >= 0.3 is 5.97 Å². The van der Waals surface area contributed by atoms with E-state index in [4.69, 9.17) is 4.74 Å². The molecule has 0 amide bonds. The number of carbonyl (C=O) groups excluding carboxylic acids is 1. The molecule has 2 atom stereocenters. The zero-order valence-corrected chi connectivity index (χ0v) is 12.5. The van der Waals surface area contributed by atoms with Gasteiger partial charge in [0.15, 0.2) is 0 Å². The van der Waals surface area contributed by atoms with Gasteiger partial charge in [-0.05, 0) is 26.0 Å². The summed E-state index contributed by atoms with van der Waals surface area (Å²) in [6.07, 6.45) is 1.89. The van der Waals surface area contributed by atoms with Crippen molar-refractivity contribution in [3.05, 3.63) is 42.2 Å². The van der Waals surface area contributed by atoms with Crippen molar-refractivity contribution in [2.24, 2.45) is 0 Å². The Bertz CT molecular complexity index is 571. The second-order valence-electron chi connectivity index (χ2n) is 4.37. The maximum absolute atomic E-state index is 11.4. The number of aromatic nitrogens is 3. The van der Waals surface area contributed by atoms with Crippen molar-refractivity contribution >= 4 is 17.7 Å². The van der Waals surface area contributed by atoms with Crippen LogP contribution >= 0.6 is 11.8 Å². The van der Waals surface area contributed by atoms with Gasteiger partial charge in [-0.25, -0.2) is 4.68 Å². The van der Waals surface area contributed by atoms with Gasteiger partial charge in [0.05, 0.1) is 24.7 Å². The van der Waals surface area contributed by atoms with Gasteiger partial charge in [0.25, 0.3) is 0 Å². The molecule has 0 saturated heterocycles. The van der Waals surface area contributed by atoms with E-state index in [2.05, 4.69) is 10.3 Å². The number of ether oxygens (including phenoxy) is 1. The molecular weight excluding hydrogens is 274 g/mol. The van der Waals surface area contributed by atoms with E-state index in [0.29, 0.717) is 0 Å². The number of hydrogen-bond acceptors (Lipinski definition) is 5. The quantitative estimate of drug-likeness (QED) is 0.793. The van der Waals surface area contributed by atoms with Crippen molar-refractivity contribution in [2.45, 2.75) is 24.3 Å². The van der Waals surface area contributed by atoms with Gasteiger partial charge in [-0.3, -0.25) is 4.79 Å². The number of benzene rings is 1. The maximum atomic E-state index is 11.4. The lowest BCUT2D eigenvalue weighted by Crippen LogP contribution is -2.15. The fraction of sp³-hybridized carbons (Fsp3) is 0.357. The van der Waals surface area contributed by atoms with Crippen LogP contribution in [0.15, 0.2) is 36.5 Å². The number of hydrogen-bond donors (Lipinski definition) is 0. The average Bonchev–Trinajstić information content (AvgIpc) is 2.97. The molecule has 0 N–H and O–H groups in total. The van der Waals surface area contributed by atoms with Crippen molar-refractivity contribution in [1.82, 2.24) is 15.0 Å². The van der Waals surface area contributed by atoms with Crippen LogP contribution in [0.4, 0.5) is 0 Å². The summed E-state index contributed by atoms with van der Waals surface area (Å²) in [5, 5.41) is 8.13. The molecule has 0 aliphatic carbocycles. The van der Waals surface area contributed by atoms with Crippen LogP contribution in [-0.4, -0.2) is 33.3 Å². The first-order chi connectivity index (χ1) is 9.61. The van der Waals surface area contributed by atoms with Crippen LogP contribution in [0.2, 0.25) is 0 Å². The molecule has 106 valence electrons. The highest BCUT2D eigenvalue weighted by molar-refractivity contribution is 8.00. The van der Waals surface area contributed by atoms with Gasteiger partial charge in [0.1, 0.15) is 5.25 Å². The molecule has 5 nitrogen and oxygen atoms in total. The van der Waals surface area contributed by atoms with Crippen LogP contribution < -0.4 is 0 Å². The first kappa shape index (κ1) is 14.6. The molecule has 0 aliphatic rings. The Morgan fingerprint density at radius 2 is 2.00 bits per heavy atom. The molecule has 0 unspecified atom stereocenters. The van der Waals surface area contributed by atoms with Crippen LogP contribution in [0.1, 0.15) is 24.8 Å². The van der Waals surface area contributed by atoms with Gasteiger partial charge in [0.2, 0.25) is 0 Å². The van der Waals surface area contributed by atoms with E-state index in [-0.39, 0.29) is 16.5 Å². The number of thioether (sulfide) groups is 1. The summed E-state index contributed by atoms with van der Waals surface area (Å²) in [6.45, 7) is 3.83. The summed E-state index contributed by atoms with van der Waals surface area (Å²) in [6, 6.07) is 9.79. The van der Waals surface area contributed by atoms with Crippen molar-refractivity contribution in [3.8, 4) is 5.69 Å². The molecule has 0 saturated carbocycles. The van der Waals surface area contributed by atoms with E-state index >= 15 is 0 Å². The van der Waals surface area contributed by atoms with E-state index < -0.39 is 0 Å². The third-order valence-corrected chi connectivity index (χ3v) is 4.14. The monoisotopic (exact) mass is 291 g/mol. The standard InChI is InChI=1S/C14H17N3O2S/c1-10(20-11(2)14(18)19-3)13-9-17(16-15-13)12-7-5-4-6-8-12/h4-11H,1-3H3/t10-,11-/m0/s1. The Morgan fingerprint density at radius 1 is 1.30 bits per heavy atom. The Kier molecular flexibility index (Phi) is 4.79. The molecule has 2 aromatic rings. The van der Waals surface area contributed by atoms with Crippen LogP contribution in [-0.2, 0) is 9.53 Å². The summed E-state index contributed by atoms with van der Waals surface area (Å²) in [5.41, 5.74) is 1.80. The van der Waals surface area contributed by atoms with E-state index in [1.54, 1.807) is 4.68 Å². The first-order valence-electron chi connectivity index (χ1n) is 6.32. The smallest absolute Gasteiger partial charge is 0.318 e.